The molecule has 3 aromatic carbocycles. The number of hydrogen-bond acceptors (Lipinski definition) is 7. The maximum atomic E-state index is 12.2. The number of carbonyl (C=O) groups is 2. The first kappa shape index (κ1) is 27.7. The molecule has 0 aliphatic heterocycles. The van der Waals surface area contributed by atoms with E-state index in [1.807, 2.05) is 48.5 Å². The minimum atomic E-state index is -0.697. The molecule has 1 unspecified atom stereocenters. The van der Waals surface area contributed by atoms with Gasteiger partial charge in [0.2, 0.25) is 0 Å². The van der Waals surface area contributed by atoms with Gasteiger partial charge in [0.15, 0.2) is 17.2 Å². The average Bonchev–Trinajstić information content (AvgIpc) is 2.93. The second-order valence-electron chi connectivity index (χ2n) is 8.30. The molecule has 0 aliphatic rings. The van der Waals surface area contributed by atoms with Crippen LogP contribution >= 0.6 is 0 Å². The van der Waals surface area contributed by atoms with Gasteiger partial charge < -0.3 is 25.0 Å². The van der Waals surface area contributed by atoms with E-state index in [1.165, 1.54) is 19.4 Å². The highest BCUT2D eigenvalue weighted by molar-refractivity contribution is 5.97. The van der Waals surface area contributed by atoms with Crippen LogP contribution in [0.2, 0.25) is 0 Å². The molecule has 1 amide bonds. The van der Waals surface area contributed by atoms with Gasteiger partial charge in [0.25, 0.3) is 5.91 Å². The maximum absolute atomic E-state index is 12.2. The summed E-state index contributed by atoms with van der Waals surface area (Å²) >= 11 is 0. The fraction of sp³-hybridized carbons (Fsp3) is 0.167. The summed E-state index contributed by atoms with van der Waals surface area (Å²) in [5, 5.41) is 21.0. The number of methoxy groups -OCH3 is 1. The smallest absolute Gasteiger partial charge is 0.325 e. The first-order valence-electron chi connectivity index (χ1n) is 12.0. The van der Waals surface area contributed by atoms with Crippen molar-refractivity contribution in [3.8, 4) is 28.4 Å². The largest absolute Gasteiger partial charge is 0.508 e. The number of aromatic hydroxyl groups is 2. The van der Waals surface area contributed by atoms with Gasteiger partial charge in [-0.3, -0.25) is 9.59 Å². The number of nitrogens with zero attached hydrogens (tertiary/aromatic N) is 1. The Morgan fingerprint density at radius 1 is 0.868 bits per heavy atom. The molecule has 0 fully saturated rings. The lowest BCUT2D eigenvalue weighted by Crippen LogP contribution is -2.33. The Morgan fingerprint density at radius 2 is 1.47 bits per heavy atom. The molecule has 0 saturated carbocycles. The Morgan fingerprint density at radius 3 is 2.05 bits per heavy atom. The van der Waals surface area contributed by atoms with E-state index in [0.29, 0.717) is 12.2 Å². The molecule has 38 heavy (non-hydrogen) atoms. The fourth-order valence-corrected chi connectivity index (χ4v) is 3.53. The van der Waals surface area contributed by atoms with Crippen molar-refractivity contribution in [2.75, 3.05) is 13.7 Å². The van der Waals surface area contributed by atoms with Crippen LogP contribution in [0.4, 0.5) is 0 Å². The zero-order chi connectivity index (χ0) is 27.3. The van der Waals surface area contributed by atoms with Crippen LogP contribution < -0.4 is 10.1 Å². The van der Waals surface area contributed by atoms with Crippen LogP contribution in [-0.4, -0.2) is 46.8 Å². The number of phenols is 1. The van der Waals surface area contributed by atoms with Crippen molar-refractivity contribution < 1.29 is 29.3 Å². The third kappa shape index (κ3) is 8.37. The molecule has 0 bridgehead atoms. The fourth-order valence-electron chi connectivity index (χ4n) is 3.53. The number of pyridine rings is 1. The van der Waals surface area contributed by atoms with Gasteiger partial charge in [-0.05, 0) is 35.7 Å². The van der Waals surface area contributed by atoms with Crippen LogP contribution in [0.3, 0.4) is 0 Å². The third-order valence-electron chi connectivity index (χ3n) is 5.39. The Balaban J connectivity index is 0.000000494. The van der Waals surface area contributed by atoms with Crippen molar-refractivity contribution in [3.63, 3.8) is 0 Å². The Bertz CT molecular complexity index is 1310. The highest BCUT2D eigenvalue weighted by atomic mass is 16.5. The lowest BCUT2D eigenvalue weighted by molar-refractivity contribution is -0.146. The molecule has 1 atom stereocenters. The number of aromatic nitrogens is 1. The molecule has 8 nitrogen and oxygen atoms in total. The Kier molecular flexibility index (Phi) is 10.2. The van der Waals surface area contributed by atoms with Crippen LogP contribution in [0, 0.1) is 0 Å². The number of hydrogen-bond donors (Lipinski definition) is 3. The molecule has 1 heterocycles. The minimum Gasteiger partial charge on any atom is -0.508 e. The molecule has 0 radical (unpaired) electrons. The van der Waals surface area contributed by atoms with Crippen LogP contribution in [0.1, 0.15) is 23.0 Å². The van der Waals surface area contributed by atoms with E-state index in [0.717, 1.165) is 16.7 Å². The molecule has 1 aromatic heterocycles. The van der Waals surface area contributed by atoms with Crippen molar-refractivity contribution in [2.24, 2.45) is 0 Å². The highest BCUT2D eigenvalue weighted by Gasteiger charge is 2.18. The maximum Gasteiger partial charge on any atom is 0.325 e. The quantitative estimate of drug-likeness (QED) is 0.290. The van der Waals surface area contributed by atoms with E-state index in [4.69, 9.17) is 14.6 Å². The summed E-state index contributed by atoms with van der Waals surface area (Å²) < 4.78 is 10.3. The number of phenolic OH excluding ortho intramolecular Hbond substituents is 1. The van der Waals surface area contributed by atoms with E-state index < -0.39 is 11.9 Å². The van der Waals surface area contributed by atoms with Gasteiger partial charge in [-0.15, -0.1) is 0 Å². The van der Waals surface area contributed by atoms with E-state index in [9.17, 15) is 14.7 Å². The molecule has 3 N–H and O–H groups in total. The molecule has 0 saturated heterocycles. The van der Waals surface area contributed by atoms with Crippen LogP contribution in [0.15, 0.2) is 97.2 Å². The number of rotatable bonds is 8. The van der Waals surface area contributed by atoms with Gasteiger partial charge in [-0.1, -0.05) is 72.8 Å². The molecule has 8 heteroatoms. The summed E-state index contributed by atoms with van der Waals surface area (Å²) in [7, 11) is 1.37. The second kappa shape index (κ2) is 14.0. The summed E-state index contributed by atoms with van der Waals surface area (Å²) in [6, 6.07) is 28.3. The van der Waals surface area contributed by atoms with Gasteiger partial charge >= 0.3 is 5.97 Å². The number of nitrogens with one attached hydrogen (secondary N) is 1. The van der Waals surface area contributed by atoms with Crippen LogP contribution in [-0.2, 0) is 16.0 Å². The first-order chi connectivity index (χ1) is 18.4. The highest BCUT2D eigenvalue weighted by Crippen LogP contribution is 2.27. The van der Waals surface area contributed by atoms with Crippen molar-refractivity contribution in [2.45, 2.75) is 19.4 Å². The normalized spacial score (nSPS) is 10.9. The molecule has 4 aromatic rings. The third-order valence-corrected chi connectivity index (χ3v) is 5.39. The Labute approximate surface area is 221 Å². The number of amides is 1. The van der Waals surface area contributed by atoms with E-state index in [1.54, 1.807) is 31.2 Å². The Hall–Kier alpha value is -4.85. The van der Waals surface area contributed by atoms with Gasteiger partial charge in [0.1, 0.15) is 18.4 Å². The summed E-state index contributed by atoms with van der Waals surface area (Å²) in [5.74, 6) is -1.22. The van der Waals surface area contributed by atoms with Crippen LogP contribution in [0.5, 0.6) is 17.2 Å². The van der Waals surface area contributed by atoms with Gasteiger partial charge in [0.05, 0.1) is 7.11 Å². The van der Waals surface area contributed by atoms with Gasteiger partial charge in [0, 0.05) is 18.7 Å². The average molecular weight is 515 g/mol. The molecular formula is C30H30N2O6. The summed E-state index contributed by atoms with van der Waals surface area (Å²) in [6.07, 6.45) is 1.51. The van der Waals surface area contributed by atoms with Crippen molar-refractivity contribution >= 4 is 11.9 Å². The van der Waals surface area contributed by atoms with E-state index >= 15 is 0 Å². The molecular weight excluding hydrogens is 484 g/mol. The predicted octanol–water partition coefficient (Wildman–Crippen LogP) is 4.76. The predicted molar refractivity (Wildman–Crippen MR) is 144 cm³/mol. The standard InChI is InChI=1S/C24H24N2O5.C6H6O/c1-16(14-17-8-10-19(11-9-17)18-6-4-3-5-7-18)31-21(27)15-26-24(29)22-23(28)20(30-2)12-13-25-22;7-6-4-2-1-3-5-6/h3-13,16,28H,14-15H2,1-2H3,(H,26,29);1-5,7H. The molecule has 4 rings (SSSR count). The number of benzene rings is 3. The topological polar surface area (TPSA) is 118 Å². The van der Waals surface area contributed by atoms with Gasteiger partial charge in [-0.25, -0.2) is 4.98 Å². The zero-order valence-corrected chi connectivity index (χ0v) is 21.2. The zero-order valence-electron chi connectivity index (χ0n) is 21.2. The first-order valence-corrected chi connectivity index (χ1v) is 12.0. The SMILES string of the molecule is COc1ccnc(C(=O)NCC(=O)OC(C)Cc2ccc(-c3ccccc3)cc2)c1O.Oc1ccccc1. The second-order valence-corrected chi connectivity index (χ2v) is 8.30. The lowest BCUT2D eigenvalue weighted by atomic mass is 10.0. The number of carbonyl (C=O) groups excluding carboxylic acids is 2. The van der Waals surface area contributed by atoms with Crippen molar-refractivity contribution in [1.29, 1.82) is 0 Å². The number of esters is 1. The van der Waals surface area contributed by atoms with Crippen molar-refractivity contribution in [3.05, 3.63) is 108 Å². The summed E-state index contributed by atoms with van der Waals surface area (Å²) in [5.41, 5.74) is 3.07. The molecule has 196 valence electrons. The number of para-hydroxylation sites is 1. The number of ether oxygens (including phenoxy) is 2. The monoisotopic (exact) mass is 514 g/mol. The summed E-state index contributed by atoms with van der Waals surface area (Å²) in [4.78, 5) is 28.1. The minimum absolute atomic E-state index is 0.120. The van der Waals surface area contributed by atoms with E-state index in [2.05, 4.69) is 22.4 Å². The van der Waals surface area contributed by atoms with E-state index in [-0.39, 0.29) is 29.8 Å². The van der Waals surface area contributed by atoms with Gasteiger partial charge in [-0.2, -0.15) is 0 Å². The lowest BCUT2D eigenvalue weighted by Gasteiger charge is -2.14. The molecule has 0 aliphatic carbocycles. The summed E-state index contributed by atoms with van der Waals surface area (Å²) in [6.45, 7) is 1.45. The van der Waals surface area contributed by atoms with Crippen molar-refractivity contribution in [1.82, 2.24) is 10.3 Å². The molecule has 0 spiro atoms. The van der Waals surface area contributed by atoms with Crippen LogP contribution in [0.25, 0.3) is 11.1 Å².